The van der Waals surface area contributed by atoms with Gasteiger partial charge in [0.2, 0.25) is 12.0 Å². The molecule has 1 saturated carbocycles. The lowest BCUT2D eigenvalue weighted by molar-refractivity contribution is -0.132. The molecular formula is C29H26ClF4N3O4. The van der Waals surface area contributed by atoms with Crippen LogP contribution < -0.4 is 15.0 Å². The fourth-order valence-electron chi connectivity index (χ4n) is 5.74. The van der Waals surface area contributed by atoms with Gasteiger partial charge in [-0.05, 0) is 61.2 Å². The number of anilines is 1. The van der Waals surface area contributed by atoms with E-state index in [1.807, 2.05) is 0 Å². The Labute approximate surface area is 238 Å². The molecule has 0 bridgehead atoms. The smallest absolute Gasteiger partial charge is 0.268 e. The lowest BCUT2D eigenvalue weighted by Gasteiger charge is -2.40. The number of fused-ring (bicyclic) bond motifs is 1. The number of benzene rings is 2. The highest BCUT2D eigenvalue weighted by atomic mass is 35.5. The molecule has 216 valence electrons. The lowest BCUT2D eigenvalue weighted by atomic mass is 9.77. The highest BCUT2D eigenvalue weighted by Gasteiger charge is 2.55. The molecule has 0 saturated heterocycles. The second-order valence-electron chi connectivity index (χ2n) is 10.2. The molecule has 5 rings (SSSR count). The van der Waals surface area contributed by atoms with Crippen molar-refractivity contribution in [3.63, 3.8) is 0 Å². The van der Waals surface area contributed by atoms with Crippen LogP contribution in [0.5, 0.6) is 5.75 Å². The van der Waals surface area contributed by atoms with Crippen molar-refractivity contribution < 1.29 is 37.0 Å². The molecule has 5 atom stereocenters. The zero-order valence-corrected chi connectivity index (χ0v) is 22.5. The number of carbonyl (C=O) groups is 2. The first-order valence-corrected chi connectivity index (χ1v) is 13.3. The van der Waals surface area contributed by atoms with Crippen LogP contribution in [0.4, 0.5) is 23.2 Å². The normalized spacial score (nSPS) is 25.8. The number of hydrogen-bond acceptors (Lipinski definition) is 5. The van der Waals surface area contributed by atoms with Crippen LogP contribution in [0.1, 0.15) is 34.3 Å². The minimum absolute atomic E-state index is 0.0239. The molecule has 1 aromatic heterocycles. The first kappa shape index (κ1) is 28.8. The van der Waals surface area contributed by atoms with Crippen LogP contribution >= 0.6 is 11.6 Å². The molecular weight excluding hydrogens is 566 g/mol. The van der Waals surface area contributed by atoms with Crippen molar-refractivity contribution >= 4 is 29.1 Å². The van der Waals surface area contributed by atoms with E-state index in [1.165, 1.54) is 43.8 Å². The summed E-state index contributed by atoms with van der Waals surface area (Å²) in [6, 6.07) is 9.24. The van der Waals surface area contributed by atoms with E-state index in [0.717, 1.165) is 23.1 Å². The van der Waals surface area contributed by atoms with Crippen LogP contribution in [-0.2, 0) is 10.4 Å². The Kier molecular flexibility index (Phi) is 7.93. The van der Waals surface area contributed by atoms with Crippen LogP contribution in [0.2, 0.25) is 0 Å². The summed E-state index contributed by atoms with van der Waals surface area (Å²) in [7, 11) is 1.31. The number of amides is 2. The van der Waals surface area contributed by atoms with Gasteiger partial charge in [-0.25, -0.2) is 17.6 Å². The number of aromatic nitrogens is 1. The maximum atomic E-state index is 15.2. The Morgan fingerprint density at radius 3 is 2.66 bits per heavy atom. The Hall–Kier alpha value is -3.70. The predicted octanol–water partition coefficient (Wildman–Crippen LogP) is 4.65. The summed E-state index contributed by atoms with van der Waals surface area (Å²) in [5, 5.41) is 13.5. The number of alkyl halides is 3. The summed E-state index contributed by atoms with van der Waals surface area (Å²) >= 11 is 6.65. The van der Waals surface area contributed by atoms with Crippen molar-refractivity contribution in [1.82, 2.24) is 10.3 Å². The van der Waals surface area contributed by atoms with Gasteiger partial charge in [-0.3, -0.25) is 14.6 Å². The van der Waals surface area contributed by atoms with E-state index in [0.29, 0.717) is 0 Å². The number of aliphatic hydroxyl groups is 1. The third-order valence-corrected chi connectivity index (χ3v) is 8.36. The number of pyridine rings is 1. The molecule has 1 aliphatic heterocycles. The minimum Gasteiger partial charge on any atom is -0.497 e. The SMILES string of the molecule is COc1ccc(F)c([C@]2(O)C(=O)N(C[C@H]3C[C@@H](C(F)F)[C@H](NC(=O)c4cccnc4)C[C@H]3Cl)c3cccc(F)c32)c1. The quantitative estimate of drug-likeness (QED) is 0.308. The summed E-state index contributed by atoms with van der Waals surface area (Å²) in [6.45, 7) is -0.246. The van der Waals surface area contributed by atoms with Crippen LogP contribution in [0.25, 0.3) is 0 Å². The van der Waals surface area contributed by atoms with Crippen molar-refractivity contribution in [2.75, 3.05) is 18.6 Å². The van der Waals surface area contributed by atoms with E-state index >= 15 is 8.78 Å². The van der Waals surface area contributed by atoms with Gasteiger partial charge in [0, 0.05) is 41.8 Å². The highest BCUT2D eigenvalue weighted by molar-refractivity contribution is 6.21. The third kappa shape index (κ3) is 5.12. The number of methoxy groups -OCH3 is 1. The summed E-state index contributed by atoms with van der Waals surface area (Å²) < 4.78 is 63.8. The second kappa shape index (κ2) is 11.3. The molecule has 2 N–H and O–H groups in total. The zero-order valence-electron chi connectivity index (χ0n) is 21.7. The van der Waals surface area contributed by atoms with Gasteiger partial charge in [0.1, 0.15) is 17.4 Å². The van der Waals surface area contributed by atoms with Gasteiger partial charge in [0.15, 0.2) is 0 Å². The largest absolute Gasteiger partial charge is 0.497 e. The monoisotopic (exact) mass is 591 g/mol. The summed E-state index contributed by atoms with van der Waals surface area (Å²) in [5.41, 5.74) is -3.52. The van der Waals surface area contributed by atoms with Gasteiger partial charge in [-0.1, -0.05) is 6.07 Å². The van der Waals surface area contributed by atoms with Crippen molar-refractivity contribution in [2.24, 2.45) is 11.8 Å². The van der Waals surface area contributed by atoms with Crippen LogP contribution in [0, 0.1) is 23.5 Å². The first-order valence-electron chi connectivity index (χ1n) is 12.9. The van der Waals surface area contributed by atoms with E-state index in [1.54, 1.807) is 6.07 Å². The van der Waals surface area contributed by atoms with Crippen molar-refractivity contribution in [1.29, 1.82) is 0 Å². The second-order valence-corrected chi connectivity index (χ2v) is 10.7. The average Bonchev–Trinajstić information content (AvgIpc) is 3.18. The number of hydrogen-bond donors (Lipinski definition) is 2. The van der Waals surface area contributed by atoms with E-state index in [4.69, 9.17) is 16.3 Å². The molecule has 7 nitrogen and oxygen atoms in total. The molecule has 2 aliphatic rings. The third-order valence-electron chi connectivity index (χ3n) is 7.83. The first-order chi connectivity index (χ1) is 19.6. The molecule has 0 radical (unpaired) electrons. The Morgan fingerprint density at radius 1 is 1.20 bits per heavy atom. The van der Waals surface area contributed by atoms with Crippen molar-refractivity contribution in [3.8, 4) is 5.75 Å². The maximum Gasteiger partial charge on any atom is 0.268 e. The Balaban J connectivity index is 1.44. The summed E-state index contributed by atoms with van der Waals surface area (Å²) in [6.07, 6.45) is -0.225. The van der Waals surface area contributed by atoms with Crippen molar-refractivity contribution in [3.05, 3.63) is 89.2 Å². The predicted molar refractivity (Wildman–Crippen MR) is 142 cm³/mol. The van der Waals surface area contributed by atoms with Gasteiger partial charge in [0.05, 0.1) is 23.9 Å². The van der Waals surface area contributed by atoms with Crippen LogP contribution in [0.15, 0.2) is 60.9 Å². The van der Waals surface area contributed by atoms with Gasteiger partial charge in [-0.15, -0.1) is 11.6 Å². The Bertz CT molecular complexity index is 1460. The number of carbonyl (C=O) groups excluding carboxylic acids is 2. The standard InChI is InChI=1S/C29H26ClF4N3O4/c1-41-17-7-8-21(31)19(11-17)29(40)25-22(32)5-2-6-24(25)37(28(29)39)14-16-10-18(26(33)34)23(12-20(16)30)36-27(38)15-4-3-9-35-13-15/h2-9,11,13,16,18,20,23,26,40H,10,12,14H2,1H3,(H,36,38)/t16-,18-,20-,23-,29-/m1/s1. The Morgan fingerprint density at radius 2 is 1.98 bits per heavy atom. The number of halogens is 5. The van der Waals surface area contributed by atoms with Gasteiger partial charge in [-0.2, -0.15) is 0 Å². The molecule has 2 amide bonds. The van der Waals surface area contributed by atoms with Crippen LogP contribution in [0.3, 0.4) is 0 Å². The average molecular weight is 592 g/mol. The van der Waals surface area contributed by atoms with E-state index in [2.05, 4.69) is 10.3 Å². The summed E-state index contributed by atoms with van der Waals surface area (Å²) in [5.74, 6) is -5.41. The van der Waals surface area contributed by atoms with Crippen molar-refractivity contribution in [2.45, 2.75) is 36.3 Å². The molecule has 1 fully saturated rings. The molecule has 0 spiro atoms. The van der Waals surface area contributed by atoms with E-state index in [9.17, 15) is 23.5 Å². The molecule has 2 heterocycles. The number of rotatable bonds is 7. The lowest BCUT2D eigenvalue weighted by Crippen LogP contribution is -2.52. The molecule has 12 heteroatoms. The number of nitrogens with zero attached hydrogens (tertiary/aromatic N) is 2. The molecule has 1 aliphatic carbocycles. The maximum absolute atomic E-state index is 15.2. The zero-order chi connectivity index (χ0) is 29.5. The molecule has 3 aromatic rings. The fraction of sp³-hybridized carbons (Fsp3) is 0.345. The fourth-order valence-corrected chi connectivity index (χ4v) is 6.11. The van der Waals surface area contributed by atoms with Crippen LogP contribution in [-0.4, -0.2) is 53.4 Å². The molecule has 41 heavy (non-hydrogen) atoms. The van der Waals surface area contributed by atoms with Gasteiger partial charge < -0.3 is 20.1 Å². The topological polar surface area (TPSA) is 91.8 Å². The highest BCUT2D eigenvalue weighted by Crippen LogP contribution is 2.48. The van der Waals surface area contributed by atoms with Gasteiger partial charge in [0.25, 0.3) is 11.8 Å². The number of nitrogens with one attached hydrogen (secondary N) is 1. The number of ether oxygens (including phenoxy) is 1. The van der Waals surface area contributed by atoms with E-state index in [-0.39, 0.29) is 36.4 Å². The van der Waals surface area contributed by atoms with Gasteiger partial charge >= 0.3 is 0 Å². The van der Waals surface area contributed by atoms with E-state index < -0.39 is 69.9 Å². The molecule has 0 unspecified atom stereocenters. The molecule has 2 aromatic carbocycles. The summed E-state index contributed by atoms with van der Waals surface area (Å²) in [4.78, 5) is 31.4. The minimum atomic E-state index is -2.82.